The number of amides is 1. The van der Waals surface area contributed by atoms with Crippen LogP contribution in [0.15, 0.2) is 30.3 Å². The van der Waals surface area contributed by atoms with E-state index in [2.05, 4.69) is 24.0 Å². The van der Waals surface area contributed by atoms with Crippen molar-refractivity contribution in [3.8, 4) is 5.69 Å². The number of carbonyl (C=O) groups excluding carboxylic acids is 1. The van der Waals surface area contributed by atoms with Crippen molar-refractivity contribution in [1.29, 1.82) is 0 Å². The van der Waals surface area contributed by atoms with Crippen molar-refractivity contribution >= 4 is 5.91 Å². The molecule has 0 unspecified atom stereocenters. The quantitative estimate of drug-likeness (QED) is 0.860. The van der Waals surface area contributed by atoms with E-state index in [1.165, 1.54) is 12.1 Å². The van der Waals surface area contributed by atoms with Crippen LogP contribution in [-0.2, 0) is 0 Å². The molecule has 1 aliphatic heterocycles. The largest absolute Gasteiger partial charge is 0.333 e. The summed E-state index contributed by atoms with van der Waals surface area (Å²) in [5.41, 5.74) is 1.86. The van der Waals surface area contributed by atoms with Gasteiger partial charge in [-0.05, 0) is 57.6 Å². The predicted molar refractivity (Wildman–Crippen MR) is 95.5 cm³/mol. The lowest BCUT2D eigenvalue weighted by Crippen LogP contribution is -2.43. The van der Waals surface area contributed by atoms with Gasteiger partial charge in [0, 0.05) is 24.8 Å². The highest BCUT2D eigenvalue weighted by Gasteiger charge is 2.28. The average Bonchev–Trinajstić information content (AvgIpc) is 2.87. The molecule has 6 heteroatoms. The third-order valence-corrected chi connectivity index (χ3v) is 4.79. The number of nitrogens with zero attached hydrogens (tertiary/aromatic N) is 4. The zero-order valence-electron chi connectivity index (χ0n) is 15.1. The summed E-state index contributed by atoms with van der Waals surface area (Å²) in [6.07, 6.45) is 1.88. The molecule has 3 rings (SSSR count). The van der Waals surface area contributed by atoms with E-state index in [9.17, 15) is 9.18 Å². The number of aryl methyl sites for hydroxylation is 1. The Hall–Kier alpha value is -2.21. The third kappa shape index (κ3) is 3.74. The summed E-state index contributed by atoms with van der Waals surface area (Å²) in [6, 6.07) is 8.23. The molecule has 0 radical (unpaired) electrons. The first-order chi connectivity index (χ1) is 12.0. The second kappa shape index (κ2) is 7.35. The van der Waals surface area contributed by atoms with Crippen molar-refractivity contribution in [3.63, 3.8) is 0 Å². The molecule has 2 aromatic rings. The van der Waals surface area contributed by atoms with Gasteiger partial charge in [-0.2, -0.15) is 5.10 Å². The smallest absolute Gasteiger partial charge is 0.274 e. The van der Waals surface area contributed by atoms with Crippen molar-refractivity contribution in [2.45, 2.75) is 32.7 Å². The van der Waals surface area contributed by atoms with Gasteiger partial charge in [0.1, 0.15) is 5.82 Å². The minimum Gasteiger partial charge on any atom is -0.333 e. The van der Waals surface area contributed by atoms with Crippen LogP contribution in [0.1, 0.15) is 35.9 Å². The summed E-state index contributed by atoms with van der Waals surface area (Å²) >= 11 is 0. The molecule has 1 aliphatic rings. The molecule has 1 saturated heterocycles. The van der Waals surface area contributed by atoms with E-state index in [4.69, 9.17) is 0 Å². The van der Waals surface area contributed by atoms with Crippen molar-refractivity contribution in [2.75, 3.05) is 26.7 Å². The fourth-order valence-electron chi connectivity index (χ4n) is 3.46. The topological polar surface area (TPSA) is 41.4 Å². The van der Waals surface area contributed by atoms with Crippen LogP contribution >= 0.6 is 0 Å². The number of hydrogen-bond acceptors (Lipinski definition) is 3. The van der Waals surface area contributed by atoms with Gasteiger partial charge < -0.3 is 9.80 Å². The average molecular weight is 344 g/mol. The Morgan fingerprint density at radius 3 is 2.84 bits per heavy atom. The molecule has 0 aliphatic carbocycles. The summed E-state index contributed by atoms with van der Waals surface area (Å²) in [6.45, 7) is 6.61. The molecule has 1 aromatic heterocycles. The Balaban J connectivity index is 1.88. The Bertz CT molecular complexity index is 758. The number of halogens is 1. The molecule has 5 nitrogen and oxygen atoms in total. The number of likely N-dealkylation sites (N-methyl/N-ethyl adjacent to an activating group) is 1. The van der Waals surface area contributed by atoms with Gasteiger partial charge in [0.2, 0.25) is 0 Å². The van der Waals surface area contributed by atoms with Crippen molar-refractivity contribution in [1.82, 2.24) is 19.6 Å². The fraction of sp³-hybridized carbons (Fsp3) is 0.474. The molecule has 1 fully saturated rings. The highest BCUT2D eigenvalue weighted by atomic mass is 19.1. The van der Waals surface area contributed by atoms with Crippen LogP contribution in [0.25, 0.3) is 5.69 Å². The van der Waals surface area contributed by atoms with Gasteiger partial charge in [-0.1, -0.05) is 13.0 Å². The summed E-state index contributed by atoms with van der Waals surface area (Å²) in [4.78, 5) is 17.3. The van der Waals surface area contributed by atoms with E-state index < -0.39 is 0 Å². The molecule has 1 amide bonds. The first-order valence-corrected chi connectivity index (χ1v) is 8.81. The Morgan fingerprint density at radius 1 is 1.32 bits per heavy atom. The Morgan fingerprint density at radius 2 is 2.12 bits per heavy atom. The molecular weight excluding hydrogens is 319 g/mol. The number of aromatic nitrogens is 2. The molecule has 134 valence electrons. The molecule has 1 atom stereocenters. The second-order valence-corrected chi connectivity index (χ2v) is 6.74. The summed E-state index contributed by atoms with van der Waals surface area (Å²) in [7, 11) is 2.10. The van der Waals surface area contributed by atoms with Gasteiger partial charge in [0.15, 0.2) is 5.69 Å². The molecule has 1 aromatic carbocycles. The van der Waals surface area contributed by atoms with E-state index in [0.717, 1.165) is 38.2 Å². The maximum atomic E-state index is 13.5. The first-order valence-electron chi connectivity index (χ1n) is 8.81. The molecule has 2 heterocycles. The number of benzene rings is 1. The molecule has 0 saturated carbocycles. The van der Waals surface area contributed by atoms with Gasteiger partial charge in [-0.3, -0.25) is 4.79 Å². The van der Waals surface area contributed by atoms with Crippen LogP contribution < -0.4 is 0 Å². The lowest BCUT2D eigenvalue weighted by molar-refractivity contribution is 0.0669. The van der Waals surface area contributed by atoms with Crippen LogP contribution in [0, 0.1) is 12.7 Å². The van der Waals surface area contributed by atoms with Gasteiger partial charge >= 0.3 is 0 Å². The number of hydrogen-bond donors (Lipinski definition) is 0. The van der Waals surface area contributed by atoms with Crippen molar-refractivity contribution < 1.29 is 9.18 Å². The van der Waals surface area contributed by atoms with Gasteiger partial charge in [0.25, 0.3) is 5.91 Å². The summed E-state index contributed by atoms with van der Waals surface area (Å²) < 4.78 is 15.1. The zero-order chi connectivity index (χ0) is 18.0. The van der Waals surface area contributed by atoms with E-state index in [1.807, 2.05) is 11.8 Å². The maximum Gasteiger partial charge on any atom is 0.274 e. The predicted octanol–water partition coefficient (Wildman–Crippen LogP) is 2.88. The molecular formula is C19H25FN4O. The minimum absolute atomic E-state index is 0.0413. The van der Waals surface area contributed by atoms with Crippen LogP contribution in [0.5, 0.6) is 0 Å². The lowest BCUT2D eigenvalue weighted by Gasteiger charge is -2.29. The van der Waals surface area contributed by atoms with Crippen LogP contribution in [0.3, 0.4) is 0 Å². The normalized spacial score (nSPS) is 19.0. The van der Waals surface area contributed by atoms with E-state index >= 15 is 0 Å². The van der Waals surface area contributed by atoms with Crippen molar-refractivity contribution in [2.24, 2.45) is 0 Å². The van der Waals surface area contributed by atoms with Crippen molar-refractivity contribution in [3.05, 3.63) is 47.5 Å². The molecule has 0 spiro atoms. The van der Waals surface area contributed by atoms with E-state index in [-0.39, 0.29) is 17.8 Å². The number of carbonyl (C=O) groups is 1. The summed E-state index contributed by atoms with van der Waals surface area (Å²) in [5, 5.41) is 4.46. The maximum absolute atomic E-state index is 13.5. The molecule has 0 bridgehead atoms. The minimum atomic E-state index is -0.318. The Labute approximate surface area is 148 Å². The SMILES string of the molecule is CC[C@H]1CN(C)CCCN1C(=O)c1cc(C)n(-c2cccc(F)c2)n1. The molecule has 25 heavy (non-hydrogen) atoms. The number of rotatable bonds is 3. The van der Waals surface area contributed by atoms with Gasteiger partial charge in [-0.25, -0.2) is 9.07 Å². The van der Waals surface area contributed by atoms with E-state index in [1.54, 1.807) is 22.9 Å². The summed E-state index contributed by atoms with van der Waals surface area (Å²) in [5.74, 6) is -0.359. The monoisotopic (exact) mass is 344 g/mol. The van der Waals surface area contributed by atoms with Crippen LogP contribution in [0.4, 0.5) is 4.39 Å². The fourth-order valence-corrected chi connectivity index (χ4v) is 3.46. The third-order valence-electron chi connectivity index (χ3n) is 4.79. The van der Waals surface area contributed by atoms with Gasteiger partial charge in [-0.15, -0.1) is 0 Å². The standard InChI is InChI=1S/C19H25FN4O/c1-4-16-13-22(3)9-6-10-23(16)19(25)18-11-14(2)24(21-18)17-8-5-7-15(20)12-17/h5,7-8,11-12,16H,4,6,9-10,13H2,1-3H3/t16-/m0/s1. The highest BCUT2D eigenvalue weighted by molar-refractivity contribution is 5.92. The van der Waals surface area contributed by atoms with Gasteiger partial charge in [0.05, 0.1) is 5.69 Å². The second-order valence-electron chi connectivity index (χ2n) is 6.74. The van der Waals surface area contributed by atoms with Crippen LogP contribution in [-0.4, -0.2) is 58.2 Å². The van der Waals surface area contributed by atoms with E-state index in [0.29, 0.717) is 11.4 Å². The lowest BCUT2D eigenvalue weighted by atomic mass is 10.1. The Kier molecular flexibility index (Phi) is 5.18. The highest BCUT2D eigenvalue weighted by Crippen LogP contribution is 2.18. The first kappa shape index (κ1) is 17.6. The molecule has 0 N–H and O–H groups in total. The van der Waals surface area contributed by atoms with Crippen LogP contribution in [0.2, 0.25) is 0 Å². The zero-order valence-corrected chi connectivity index (χ0v) is 15.1.